The van der Waals surface area contributed by atoms with Crippen molar-refractivity contribution in [3.8, 4) is 0 Å². The smallest absolute Gasteiger partial charge is 0.123 e. The third-order valence-corrected chi connectivity index (χ3v) is 4.94. The standard InChI is InChI=1S/C22H27F2N3.ClH/c23-20-10-6-18(7-11-20)22(19-8-12-21(24)13-9-19)5-4-15-26-27-16-3-1-2-14-25-17-27;/h6-13,17,22,26H,1-5,14-16H2;1H. The molecule has 0 atom stereocenters. The number of rotatable bonds is 7. The van der Waals surface area contributed by atoms with Crippen LogP contribution in [0.5, 0.6) is 0 Å². The summed E-state index contributed by atoms with van der Waals surface area (Å²) in [7, 11) is 0. The van der Waals surface area contributed by atoms with E-state index < -0.39 is 0 Å². The molecule has 0 unspecified atom stereocenters. The Morgan fingerprint density at radius 2 is 1.50 bits per heavy atom. The van der Waals surface area contributed by atoms with Crippen molar-refractivity contribution in [3.63, 3.8) is 0 Å². The lowest BCUT2D eigenvalue weighted by molar-refractivity contribution is 0.299. The quantitative estimate of drug-likeness (QED) is 0.629. The third-order valence-electron chi connectivity index (χ3n) is 4.94. The molecule has 1 aliphatic heterocycles. The Morgan fingerprint density at radius 1 is 0.893 bits per heavy atom. The summed E-state index contributed by atoms with van der Waals surface area (Å²) in [6.45, 7) is 2.71. The van der Waals surface area contributed by atoms with Crippen LogP contribution < -0.4 is 5.43 Å². The van der Waals surface area contributed by atoms with E-state index in [0.29, 0.717) is 0 Å². The van der Waals surface area contributed by atoms with Crippen molar-refractivity contribution in [2.24, 2.45) is 4.99 Å². The number of benzene rings is 2. The summed E-state index contributed by atoms with van der Waals surface area (Å²) in [5.74, 6) is -0.363. The Balaban J connectivity index is 0.00000280. The molecule has 0 aliphatic carbocycles. The van der Waals surface area contributed by atoms with Gasteiger partial charge in [0.15, 0.2) is 0 Å². The van der Waals surface area contributed by atoms with Gasteiger partial charge in [0.25, 0.3) is 0 Å². The van der Waals surface area contributed by atoms with Crippen LogP contribution >= 0.6 is 12.4 Å². The van der Waals surface area contributed by atoms with Crippen LogP contribution in [0.2, 0.25) is 0 Å². The van der Waals surface area contributed by atoms with Crippen molar-refractivity contribution in [1.82, 2.24) is 10.4 Å². The zero-order chi connectivity index (χ0) is 18.9. The minimum absolute atomic E-state index is 0. The van der Waals surface area contributed by atoms with Crippen LogP contribution in [0.1, 0.15) is 49.1 Å². The molecule has 1 aliphatic rings. The predicted molar refractivity (Wildman–Crippen MR) is 113 cm³/mol. The Labute approximate surface area is 172 Å². The first-order chi connectivity index (χ1) is 13.2. The summed E-state index contributed by atoms with van der Waals surface area (Å²) in [5.41, 5.74) is 5.53. The number of nitrogens with zero attached hydrogens (tertiary/aromatic N) is 2. The lowest BCUT2D eigenvalue weighted by Gasteiger charge is -2.23. The van der Waals surface area contributed by atoms with Crippen molar-refractivity contribution in [2.45, 2.75) is 38.0 Å². The fourth-order valence-electron chi connectivity index (χ4n) is 3.44. The van der Waals surface area contributed by atoms with Crippen LogP contribution in [0, 0.1) is 11.6 Å². The van der Waals surface area contributed by atoms with Gasteiger partial charge in [0.2, 0.25) is 0 Å². The molecule has 0 radical (unpaired) electrons. The Morgan fingerprint density at radius 3 is 2.11 bits per heavy atom. The van der Waals surface area contributed by atoms with Crippen LogP contribution in [0.15, 0.2) is 53.5 Å². The minimum atomic E-state index is -0.241. The van der Waals surface area contributed by atoms with E-state index >= 15 is 0 Å². The molecule has 0 spiro atoms. The molecule has 3 rings (SSSR count). The Bertz CT molecular complexity index is 674. The highest BCUT2D eigenvalue weighted by atomic mass is 35.5. The number of hydrogen-bond donors (Lipinski definition) is 1. The van der Waals surface area contributed by atoms with E-state index in [4.69, 9.17) is 0 Å². The highest BCUT2D eigenvalue weighted by Gasteiger charge is 2.14. The number of nitrogens with one attached hydrogen (secondary N) is 1. The molecular weight excluding hydrogens is 380 g/mol. The third kappa shape index (κ3) is 6.88. The second-order valence-electron chi connectivity index (χ2n) is 6.98. The zero-order valence-electron chi connectivity index (χ0n) is 16.0. The Hall–Kier alpha value is -1.98. The fourth-order valence-corrected chi connectivity index (χ4v) is 3.44. The van der Waals surface area contributed by atoms with Gasteiger partial charge >= 0.3 is 0 Å². The van der Waals surface area contributed by atoms with Crippen molar-refractivity contribution < 1.29 is 8.78 Å². The van der Waals surface area contributed by atoms with E-state index in [1.165, 1.54) is 43.5 Å². The van der Waals surface area contributed by atoms with Gasteiger partial charge in [-0.25, -0.2) is 14.2 Å². The van der Waals surface area contributed by atoms with Crippen molar-refractivity contribution >= 4 is 18.7 Å². The number of halogens is 3. The molecular formula is C22H28ClF2N3. The summed E-state index contributed by atoms with van der Waals surface area (Å²) in [6.07, 6.45) is 7.30. The van der Waals surface area contributed by atoms with E-state index in [1.807, 2.05) is 30.6 Å². The second kappa shape index (κ2) is 11.8. The van der Waals surface area contributed by atoms with Gasteiger partial charge in [-0.05, 0) is 67.5 Å². The van der Waals surface area contributed by atoms with E-state index in [9.17, 15) is 8.78 Å². The van der Waals surface area contributed by atoms with Crippen LogP contribution in [-0.4, -0.2) is 31.0 Å². The summed E-state index contributed by atoms with van der Waals surface area (Å²) < 4.78 is 26.6. The zero-order valence-corrected chi connectivity index (χ0v) is 16.8. The average molecular weight is 408 g/mol. The first-order valence-corrected chi connectivity index (χ1v) is 9.73. The molecule has 2 aromatic carbocycles. The lowest BCUT2D eigenvalue weighted by Crippen LogP contribution is -2.38. The van der Waals surface area contributed by atoms with Crippen LogP contribution in [-0.2, 0) is 0 Å². The molecule has 0 amide bonds. The predicted octanol–water partition coefficient (Wildman–Crippen LogP) is 5.32. The molecule has 28 heavy (non-hydrogen) atoms. The molecule has 0 fully saturated rings. The topological polar surface area (TPSA) is 27.6 Å². The minimum Gasteiger partial charge on any atom is -0.299 e. The van der Waals surface area contributed by atoms with E-state index in [-0.39, 0.29) is 30.0 Å². The summed E-state index contributed by atoms with van der Waals surface area (Å²) in [4.78, 5) is 4.41. The maximum absolute atomic E-state index is 13.3. The molecule has 0 bridgehead atoms. The van der Waals surface area contributed by atoms with Gasteiger partial charge < -0.3 is 0 Å². The van der Waals surface area contributed by atoms with Gasteiger partial charge in [-0.1, -0.05) is 24.3 Å². The van der Waals surface area contributed by atoms with Crippen molar-refractivity contribution in [1.29, 1.82) is 0 Å². The molecule has 0 saturated heterocycles. The molecule has 6 heteroatoms. The van der Waals surface area contributed by atoms with Crippen LogP contribution in [0.4, 0.5) is 8.78 Å². The summed E-state index contributed by atoms with van der Waals surface area (Å²) in [5, 5.41) is 2.07. The van der Waals surface area contributed by atoms with Crippen LogP contribution in [0.25, 0.3) is 0 Å². The fraction of sp³-hybridized carbons (Fsp3) is 0.409. The highest BCUT2D eigenvalue weighted by molar-refractivity contribution is 5.85. The second-order valence-corrected chi connectivity index (χ2v) is 6.98. The van der Waals surface area contributed by atoms with Gasteiger partial charge in [-0.2, -0.15) is 0 Å². The maximum atomic E-state index is 13.3. The van der Waals surface area contributed by atoms with E-state index in [1.54, 1.807) is 0 Å². The average Bonchev–Trinajstić information content (AvgIpc) is 2.65. The number of hydrazine groups is 1. The van der Waals surface area contributed by atoms with Crippen molar-refractivity contribution in [3.05, 3.63) is 71.3 Å². The highest BCUT2D eigenvalue weighted by Crippen LogP contribution is 2.29. The lowest BCUT2D eigenvalue weighted by atomic mass is 9.87. The van der Waals surface area contributed by atoms with E-state index in [2.05, 4.69) is 15.4 Å². The summed E-state index contributed by atoms with van der Waals surface area (Å²) >= 11 is 0. The first kappa shape index (κ1) is 22.3. The molecule has 1 heterocycles. The van der Waals surface area contributed by atoms with Gasteiger partial charge in [0, 0.05) is 25.6 Å². The normalized spacial score (nSPS) is 14.5. The molecule has 152 valence electrons. The monoisotopic (exact) mass is 407 g/mol. The van der Waals surface area contributed by atoms with E-state index in [0.717, 1.165) is 43.6 Å². The molecule has 3 nitrogen and oxygen atoms in total. The molecule has 1 N–H and O–H groups in total. The first-order valence-electron chi connectivity index (χ1n) is 9.73. The van der Waals surface area contributed by atoms with Crippen LogP contribution in [0.3, 0.4) is 0 Å². The summed E-state index contributed by atoms with van der Waals surface area (Å²) in [6, 6.07) is 13.2. The molecule has 0 saturated carbocycles. The SMILES string of the molecule is Cl.Fc1ccc(C(CCCNN2C=NCCCCC2)c2ccc(F)cc2)cc1. The Kier molecular flexibility index (Phi) is 9.38. The van der Waals surface area contributed by atoms with Gasteiger partial charge in [0.1, 0.15) is 11.6 Å². The van der Waals surface area contributed by atoms with Gasteiger partial charge in [-0.3, -0.25) is 10.0 Å². The van der Waals surface area contributed by atoms with Gasteiger partial charge in [0.05, 0.1) is 6.34 Å². The molecule has 2 aromatic rings. The van der Waals surface area contributed by atoms with Gasteiger partial charge in [-0.15, -0.1) is 12.4 Å². The number of aliphatic imine (C=N–C) groups is 1. The number of hydrogen-bond acceptors (Lipinski definition) is 3. The maximum Gasteiger partial charge on any atom is 0.123 e. The van der Waals surface area contributed by atoms with Crippen molar-refractivity contribution in [2.75, 3.05) is 19.6 Å². The molecule has 0 aromatic heterocycles. The largest absolute Gasteiger partial charge is 0.299 e.